The molecule has 1 N–H and O–H groups in total. The summed E-state index contributed by atoms with van der Waals surface area (Å²) >= 11 is 0. The van der Waals surface area contributed by atoms with Crippen LogP contribution in [-0.4, -0.2) is 31.3 Å². The molecule has 0 aliphatic rings. The largest absolute Gasteiger partial charge is 0.464 e. The van der Waals surface area contributed by atoms with Gasteiger partial charge in [0.15, 0.2) is 5.54 Å². The van der Waals surface area contributed by atoms with Crippen molar-refractivity contribution in [3.63, 3.8) is 0 Å². The third-order valence-electron chi connectivity index (χ3n) is 3.32. The number of carbonyl (C=O) groups excluding carboxylic acids is 1. The zero-order valence-electron chi connectivity index (χ0n) is 12.3. The molecule has 1 rings (SSSR count). The second-order valence-electron chi connectivity index (χ2n) is 4.79. The van der Waals surface area contributed by atoms with Crippen LogP contribution in [0.3, 0.4) is 0 Å². The number of methoxy groups -OCH3 is 1. The Morgan fingerprint density at radius 2 is 1.95 bits per heavy atom. The van der Waals surface area contributed by atoms with Crippen LogP contribution in [0.5, 0.6) is 0 Å². The van der Waals surface area contributed by atoms with Crippen LogP contribution in [0.4, 0.5) is 5.69 Å². The first-order chi connectivity index (χ1) is 8.93. The average molecular weight is 265 g/mol. The molecule has 4 nitrogen and oxygen atoms in total. The fourth-order valence-corrected chi connectivity index (χ4v) is 1.77. The number of carbonyl (C=O) groups is 1. The van der Waals surface area contributed by atoms with Gasteiger partial charge in [-0.05, 0) is 39.8 Å². The van der Waals surface area contributed by atoms with Gasteiger partial charge in [-0.15, -0.1) is 0 Å². The third-order valence-corrected chi connectivity index (χ3v) is 3.32. The van der Waals surface area contributed by atoms with E-state index in [0.717, 1.165) is 5.69 Å². The molecule has 0 heterocycles. The summed E-state index contributed by atoms with van der Waals surface area (Å²) in [5.41, 5.74) is 1.12. The number of benzene rings is 1. The van der Waals surface area contributed by atoms with Gasteiger partial charge in [0.25, 0.3) is 0 Å². The Kier molecular flexibility index (Phi) is 5.36. The average Bonchev–Trinajstić information content (AvgIpc) is 2.40. The van der Waals surface area contributed by atoms with Gasteiger partial charge in [0, 0.05) is 12.8 Å². The summed E-state index contributed by atoms with van der Waals surface area (Å²) in [6.07, 6.45) is -0.312. The Balaban J connectivity index is 2.97. The molecular weight excluding hydrogens is 242 g/mol. The number of esters is 1. The summed E-state index contributed by atoms with van der Waals surface area (Å²) < 4.78 is 10.5. The van der Waals surface area contributed by atoms with Crippen molar-refractivity contribution in [2.45, 2.75) is 39.3 Å². The quantitative estimate of drug-likeness (QED) is 0.803. The van der Waals surface area contributed by atoms with E-state index in [1.54, 1.807) is 21.0 Å². The molecule has 0 radical (unpaired) electrons. The number of anilines is 1. The maximum absolute atomic E-state index is 12.2. The summed E-state index contributed by atoms with van der Waals surface area (Å²) in [4.78, 5) is 12.2. The predicted molar refractivity (Wildman–Crippen MR) is 76.3 cm³/mol. The molecule has 0 aromatic heterocycles. The molecule has 1 aromatic rings. The molecule has 4 heteroatoms. The molecule has 0 spiro atoms. The Morgan fingerprint density at radius 3 is 2.42 bits per heavy atom. The first kappa shape index (κ1) is 15.5. The summed E-state index contributed by atoms with van der Waals surface area (Å²) in [6, 6.07) is 7.86. The molecule has 0 fully saturated rings. The Labute approximate surface area is 115 Å². The Bertz CT molecular complexity index is 416. The van der Waals surface area contributed by atoms with E-state index >= 15 is 0 Å². The molecule has 0 aliphatic heterocycles. The lowest BCUT2D eigenvalue weighted by molar-refractivity contribution is -0.152. The second-order valence-corrected chi connectivity index (χ2v) is 4.79. The van der Waals surface area contributed by atoms with Crippen LogP contribution in [0.15, 0.2) is 24.3 Å². The summed E-state index contributed by atoms with van der Waals surface area (Å²) in [5.74, 6) is -0.315. The zero-order chi connectivity index (χ0) is 14.5. The normalized spacial score (nSPS) is 15.4. The highest BCUT2D eigenvalue weighted by atomic mass is 16.5. The SMILES string of the molecule is CCOC(=O)C(C)(Nc1ccc(C)cc1)C(C)OC. The lowest BCUT2D eigenvalue weighted by atomic mass is 9.95. The van der Waals surface area contributed by atoms with Crippen molar-refractivity contribution in [2.75, 3.05) is 19.0 Å². The van der Waals surface area contributed by atoms with Gasteiger partial charge in [0.2, 0.25) is 0 Å². The molecule has 0 amide bonds. The van der Waals surface area contributed by atoms with Crippen LogP contribution < -0.4 is 5.32 Å². The highest BCUT2D eigenvalue weighted by molar-refractivity contribution is 5.85. The summed E-state index contributed by atoms with van der Waals surface area (Å²) in [5, 5.41) is 3.22. The molecular formula is C15H23NO3. The highest BCUT2D eigenvalue weighted by Gasteiger charge is 2.40. The summed E-state index contributed by atoms with van der Waals surface area (Å²) in [6.45, 7) is 7.80. The number of rotatable bonds is 6. The van der Waals surface area contributed by atoms with Gasteiger partial charge in [-0.2, -0.15) is 0 Å². The van der Waals surface area contributed by atoms with E-state index < -0.39 is 5.54 Å². The fraction of sp³-hybridized carbons (Fsp3) is 0.533. The maximum atomic E-state index is 12.2. The molecule has 0 saturated heterocycles. The van der Waals surface area contributed by atoms with Gasteiger partial charge in [-0.3, -0.25) is 0 Å². The second kappa shape index (κ2) is 6.57. The van der Waals surface area contributed by atoms with E-state index in [1.165, 1.54) is 5.56 Å². The van der Waals surface area contributed by atoms with E-state index in [9.17, 15) is 4.79 Å². The van der Waals surface area contributed by atoms with Crippen LogP contribution in [0.25, 0.3) is 0 Å². The minimum absolute atomic E-state index is 0.312. The van der Waals surface area contributed by atoms with Crippen LogP contribution in [-0.2, 0) is 14.3 Å². The lowest BCUT2D eigenvalue weighted by Crippen LogP contribution is -2.53. The first-order valence-electron chi connectivity index (χ1n) is 6.49. The van der Waals surface area contributed by atoms with Crippen molar-refractivity contribution < 1.29 is 14.3 Å². The third kappa shape index (κ3) is 3.70. The van der Waals surface area contributed by atoms with Crippen LogP contribution in [0.2, 0.25) is 0 Å². The highest BCUT2D eigenvalue weighted by Crippen LogP contribution is 2.22. The Morgan fingerprint density at radius 1 is 1.37 bits per heavy atom. The van der Waals surface area contributed by atoms with Gasteiger partial charge >= 0.3 is 5.97 Å². The van der Waals surface area contributed by atoms with Gasteiger partial charge < -0.3 is 14.8 Å². The van der Waals surface area contributed by atoms with E-state index in [1.807, 2.05) is 38.1 Å². The van der Waals surface area contributed by atoms with Gasteiger partial charge in [0.05, 0.1) is 12.7 Å². The number of aryl methyl sites for hydroxylation is 1. The minimum Gasteiger partial charge on any atom is -0.464 e. The molecule has 19 heavy (non-hydrogen) atoms. The van der Waals surface area contributed by atoms with Crippen molar-refractivity contribution in [1.82, 2.24) is 0 Å². The van der Waals surface area contributed by atoms with Crippen LogP contribution in [0.1, 0.15) is 26.3 Å². The van der Waals surface area contributed by atoms with Gasteiger partial charge in [-0.25, -0.2) is 4.79 Å². The first-order valence-corrected chi connectivity index (χ1v) is 6.49. The van der Waals surface area contributed by atoms with Gasteiger partial charge in [0.1, 0.15) is 0 Å². The molecule has 2 unspecified atom stereocenters. The lowest BCUT2D eigenvalue weighted by Gasteiger charge is -2.34. The Hall–Kier alpha value is -1.55. The van der Waals surface area contributed by atoms with Crippen LogP contribution in [0, 0.1) is 6.92 Å². The monoisotopic (exact) mass is 265 g/mol. The van der Waals surface area contributed by atoms with Crippen molar-refractivity contribution >= 4 is 11.7 Å². The molecule has 1 aromatic carbocycles. The van der Waals surface area contributed by atoms with Crippen molar-refractivity contribution in [3.05, 3.63) is 29.8 Å². The molecule has 0 aliphatic carbocycles. The predicted octanol–water partition coefficient (Wildman–Crippen LogP) is 2.76. The number of hydrogen-bond acceptors (Lipinski definition) is 4. The van der Waals surface area contributed by atoms with Crippen molar-refractivity contribution in [2.24, 2.45) is 0 Å². The molecule has 2 atom stereocenters. The minimum atomic E-state index is -0.917. The number of nitrogens with one attached hydrogen (secondary N) is 1. The van der Waals surface area contributed by atoms with E-state index in [4.69, 9.17) is 9.47 Å². The number of ether oxygens (including phenoxy) is 2. The topological polar surface area (TPSA) is 47.6 Å². The zero-order valence-corrected chi connectivity index (χ0v) is 12.3. The van der Waals surface area contributed by atoms with Gasteiger partial charge in [-0.1, -0.05) is 17.7 Å². The maximum Gasteiger partial charge on any atom is 0.334 e. The van der Waals surface area contributed by atoms with E-state index in [2.05, 4.69) is 5.32 Å². The van der Waals surface area contributed by atoms with Crippen LogP contribution >= 0.6 is 0 Å². The molecule has 0 saturated carbocycles. The van der Waals surface area contributed by atoms with E-state index in [-0.39, 0.29) is 12.1 Å². The molecule has 106 valence electrons. The molecule has 0 bridgehead atoms. The van der Waals surface area contributed by atoms with Crippen molar-refractivity contribution in [3.8, 4) is 0 Å². The summed E-state index contributed by atoms with van der Waals surface area (Å²) in [7, 11) is 1.58. The standard InChI is InChI=1S/C15H23NO3/c1-6-19-14(17)15(4,12(3)18-5)16-13-9-7-11(2)8-10-13/h7-10,12,16H,6H2,1-5H3. The fourth-order valence-electron chi connectivity index (χ4n) is 1.77. The number of hydrogen-bond donors (Lipinski definition) is 1. The van der Waals surface area contributed by atoms with Crippen molar-refractivity contribution in [1.29, 1.82) is 0 Å². The van der Waals surface area contributed by atoms with E-state index in [0.29, 0.717) is 6.61 Å². The smallest absolute Gasteiger partial charge is 0.334 e.